The Balaban J connectivity index is 1.54. The Bertz CT molecular complexity index is 1020. The smallest absolute Gasteiger partial charge is 0.307 e. The molecule has 0 aliphatic heterocycles. The highest BCUT2D eigenvalue weighted by molar-refractivity contribution is 8.00. The van der Waals surface area contributed by atoms with Crippen molar-refractivity contribution < 1.29 is 19.5 Å². The summed E-state index contributed by atoms with van der Waals surface area (Å²) in [6, 6.07) is 15.1. The van der Waals surface area contributed by atoms with E-state index in [1.807, 2.05) is 55.5 Å². The topological polar surface area (TPSA) is 95.5 Å². The number of aliphatic carboxylic acids is 1. The van der Waals surface area contributed by atoms with Gasteiger partial charge in [0, 0.05) is 16.3 Å². The van der Waals surface area contributed by atoms with Crippen molar-refractivity contribution in [1.29, 1.82) is 0 Å². The van der Waals surface area contributed by atoms with Crippen LogP contribution in [0.2, 0.25) is 0 Å². The van der Waals surface area contributed by atoms with Crippen molar-refractivity contribution in [2.45, 2.75) is 49.7 Å². The highest BCUT2D eigenvalue weighted by Crippen LogP contribution is 2.29. The number of nitrogens with one attached hydrogen (secondary N) is 2. The summed E-state index contributed by atoms with van der Waals surface area (Å²) in [5.74, 6) is -2.17. The van der Waals surface area contributed by atoms with Crippen LogP contribution in [0.15, 0.2) is 65.6 Å². The zero-order chi connectivity index (χ0) is 24.0. The monoisotopic (exact) mass is 466 g/mol. The highest BCUT2D eigenvalue weighted by Gasteiger charge is 2.33. The molecule has 1 aliphatic carbocycles. The van der Waals surface area contributed by atoms with Crippen molar-refractivity contribution in [3.05, 3.63) is 66.2 Å². The maximum absolute atomic E-state index is 12.6. The largest absolute Gasteiger partial charge is 0.481 e. The van der Waals surface area contributed by atoms with E-state index < -0.39 is 17.8 Å². The fourth-order valence-corrected chi connectivity index (χ4v) is 4.55. The fourth-order valence-electron chi connectivity index (χ4n) is 3.68. The Labute approximate surface area is 198 Å². The molecule has 7 heteroatoms. The fraction of sp³-hybridized carbons (Fsp3) is 0.346. The van der Waals surface area contributed by atoms with E-state index in [0.717, 1.165) is 10.6 Å². The number of hydrogen-bond donors (Lipinski definition) is 3. The molecule has 174 valence electrons. The van der Waals surface area contributed by atoms with Crippen molar-refractivity contribution in [3.63, 3.8) is 0 Å². The first-order chi connectivity index (χ1) is 15.7. The molecule has 0 radical (unpaired) electrons. The summed E-state index contributed by atoms with van der Waals surface area (Å²) in [5.41, 5.74) is 2.60. The molecule has 0 fully saturated rings. The predicted molar refractivity (Wildman–Crippen MR) is 133 cm³/mol. The zero-order valence-corrected chi connectivity index (χ0v) is 19.9. The maximum atomic E-state index is 12.6. The Kier molecular flexibility index (Phi) is 8.33. The molecule has 2 amide bonds. The van der Waals surface area contributed by atoms with Crippen LogP contribution in [0.3, 0.4) is 0 Å². The van der Waals surface area contributed by atoms with Crippen LogP contribution in [-0.2, 0) is 14.4 Å². The predicted octanol–water partition coefficient (Wildman–Crippen LogP) is 5.53. The summed E-state index contributed by atoms with van der Waals surface area (Å²) >= 11 is 1.43. The van der Waals surface area contributed by atoms with Crippen LogP contribution in [0.1, 0.15) is 45.1 Å². The maximum Gasteiger partial charge on any atom is 0.307 e. The van der Waals surface area contributed by atoms with Crippen LogP contribution < -0.4 is 10.6 Å². The van der Waals surface area contributed by atoms with Gasteiger partial charge in [-0.1, -0.05) is 38.1 Å². The van der Waals surface area contributed by atoms with Crippen molar-refractivity contribution in [2.24, 2.45) is 11.8 Å². The molecule has 2 aromatic rings. The number of hydrogen-bond acceptors (Lipinski definition) is 4. The van der Waals surface area contributed by atoms with Gasteiger partial charge in [-0.15, -0.1) is 11.8 Å². The van der Waals surface area contributed by atoms with Gasteiger partial charge in [-0.2, -0.15) is 0 Å². The number of rotatable bonds is 8. The standard InChI is InChI=1S/C26H30N2O4S/c1-16(2)18-8-10-19(11-9-18)27-24(29)17(3)33-21-14-12-20(13-15-21)28-25(30)22-6-4-5-7-23(22)26(31)32/h4-5,8-17,22-23H,6-7H2,1-3H3,(H,27,29)(H,28,30)(H,31,32). The van der Waals surface area contributed by atoms with Crippen molar-refractivity contribution >= 4 is 40.9 Å². The number of carboxylic acids is 1. The number of allylic oxidation sites excluding steroid dienone is 2. The summed E-state index contributed by atoms with van der Waals surface area (Å²) in [7, 11) is 0. The molecule has 33 heavy (non-hydrogen) atoms. The van der Waals surface area contributed by atoms with E-state index in [-0.39, 0.29) is 17.1 Å². The quantitative estimate of drug-likeness (QED) is 0.351. The first-order valence-corrected chi connectivity index (χ1v) is 12.0. The molecule has 0 bridgehead atoms. The van der Waals surface area contributed by atoms with Crippen LogP contribution in [0.25, 0.3) is 0 Å². The second-order valence-corrected chi connectivity index (χ2v) is 9.95. The van der Waals surface area contributed by atoms with E-state index in [4.69, 9.17) is 0 Å². The Morgan fingerprint density at radius 1 is 0.848 bits per heavy atom. The van der Waals surface area contributed by atoms with Gasteiger partial charge in [-0.3, -0.25) is 14.4 Å². The van der Waals surface area contributed by atoms with Crippen LogP contribution in [-0.4, -0.2) is 28.1 Å². The molecule has 0 saturated heterocycles. The van der Waals surface area contributed by atoms with E-state index in [9.17, 15) is 19.5 Å². The lowest BCUT2D eigenvalue weighted by molar-refractivity contribution is -0.146. The van der Waals surface area contributed by atoms with E-state index in [1.165, 1.54) is 17.3 Å². The summed E-state index contributed by atoms with van der Waals surface area (Å²) in [6.07, 6.45) is 4.45. The Morgan fingerprint density at radius 2 is 1.39 bits per heavy atom. The minimum absolute atomic E-state index is 0.0836. The SMILES string of the molecule is CC(Sc1ccc(NC(=O)C2CC=CCC2C(=O)O)cc1)C(=O)Nc1ccc(C(C)C)cc1. The summed E-state index contributed by atoms with van der Waals surface area (Å²) in [4.78, 5) is 37.5. The average Bonchev–Trinajstić information content (AvgIpc) is 2.80. The molecule has 3 rings (SSSR count). The molecule has 0 heterocycles. The Morgan fingerprint density at radius 3 is 1.97 bits per heavy atom. The van der Waals surface area contributed by atoms with Crippen molar-refractivity contribution in [3.8, 4) is 0 Å². The molecule has 6 nitrogen and oxygen atoms in total. The van der Waals surface area contributed by atoms with E-state index in [1.54, 1.807) is 12.1 Å². The van der Waals surface area contributed by atoms with Crippen LogP contribution in [0.4, 0.5) is 11.4 Å². The van der Waals surface area contributed by atoms with Gasteiger partial charge in [0.2, 0.25) is 11.8 Å². The second-order valence-electron chi connectivity index (χ2n) is 8.53. The summed E-state index contributed by atoms with van der Waals surface area (Å²) in [5, 5.41) is 14.8. The number of benzene rings is 2. The molecular weight excluding hydrogens is 436 g/mol. The lowest BCUT2D eigenvalue weighted by atomic mass is 9.82. The average molecular weight is 467 g/mol. The zero-order valence-electron chi connectivity index (χ0n) is 19.1. The van der Waals surface area contributed by atoms with E-state index in [0.29, 0.717) is 24.4 Å². The first-order valence-electron chi connectivity index (χ1n) is 11.1. The molecule has 1 aliphatic rings. The molecule has 3 N–H and O–H groups in total. The molecule has 0 spiro atoms. The number of anilines is 2. The number of amides is 2. The van der Waals surface area contributed by atoms with E-state index in [2.05, 4.69) is 24.5 Å². The second kappa shape index (κ2) is 11.2. The molecule has 3 unspecified atom stereocenters. The normalized spacial score (nSPS) is 18.5. The van der Waals surface area contributed by atoms with Crippen LogP contribution in [0, 0.1) is 11.8 Å². The van der Waals surface area contributed by atoms with Gasteiger partial charge in [0.1, 0.15) is 0 Å². The third-order valence-electron chi connectivity index (χ3n) is 5.74. The number of carbonyl (C=O) groups is 3. The molecule has 0 aromatic heterocycles. The van der Waals surface area contributed by atoms with Gasteiger partial charge >= 0.3 is 5.97 Å². The summed E-state index contributed by atoms with van der Waals surface area (Å²) < 4.78 is 0. The third-order valence-corrected chi connectivity index (χ3v) is 6.85. The lowest BCUT2D eigenvalue weighted by Gasteiger charge is -2.24. The van der Waals surface area contributed by atoms with Gasteiger partial charge in [-0.25, -0.2) is 0 Å². The molecular formula is C26H30N2O4S. The van der Waals surface area contributed by atoms with E-state index >= 15 is 0 Å². The molecule has 3 atom stereocenters. The van der Waals surface area contributed by atoms with Gasteiger partial charge in [0.05, 0.1) is 17.1 Å². The minimum atomic E-state index is -0.950. The molecule has 2 aromatic carbocycles. The third kappa shape index (κ3) is 6.71. The number of carbonyl (C=O) groups excluding carboxylic acids is 2. The Hall–Kier alpha value is -3.06. The van der Waals surface area contributed by atoms with Crippen molar-refractivity contribution in [1.82, 2.24) is 0 Å². The van der Waals surface area contributed by atoms with Gasteiger partial charge in [0.25, 0.3) is 0 Å². The van der Waals surface area contributed by atoms with Gasteiger partial charge < -0.3 is 15.7 Å². The molecule has 0 saturated carbocycles. The highest BCUT2D eigenvalue weighted by atomic mass is 32.2. The first kappa shape index (κ1) is 24.6. The summed E-state index contributed by atoms with van der Waals surface area (Å²) in [6.45, 7) is 6.10. The van der Waals surface area contributed by atoms with Crippen LogP contribution >= 0.6 is 11.8 Å². The lowest BCUT2D eigenvalue weighted by Crippen LogP contribution is -2.34. The van der Waals surface area contributed by atoms with Gasteiger partial charge in [-0.05, 0) is 67.6 Å². The van der Waals surface area contributed by atoms with Gasteiger partial charge in [0.15, 0.2) is 0 Å². The number of carboxylic acid groups (broad SMARTS) is 1. The minimum Gasteiger partial charge on any atom is -0.481 e. The van der Waals surface area contributed by atoms with Crippen LogP contribution in [0.5, 0.6) is 0 Å². The number of thioether (sulfide) groups is 1. The van der Waals surface area contributed by atoms with Crippen molar-refractivity contribution in [2.75, 3.05) is 10.6 Å².